The second-order valence-corrected chi connectivity index (χ2v) is 4.88. The Morgan fingerprint density at radius 1 is 1.33 bits per heavy atom. The van der Waals surface area contributed by atoms with E-state index in [9.17, 15) is 14.4 Å². The molecular formula is C13H16N4O4. The van der Waals surface area contributed by atoms with E-state index >= 15 is 0 Å². The third-order valence-electron chi connectivity index (χ3n) is 3.30. The van der Waals surface area contributed by atoms with Crippen LogP contribution in [0.3, 0.4) is 0 Å². The van der Waals surface area contributed by atoms with Gasteiger partial charge in [-0.15, -0.1) is 0 Å². The number of anilines is 1. The number of hydrogen-bond donors (Lipinski definition) is 3. The van der Waals surface area contributed by atoms with Crippen LogP contribution >= 0.6 is 0 Å². The molecule has 1 aliphatic carbocycles. The van der Waals surface area contributed by atoms with Crippen LogP contribution in [-0.4, -0.2) is 32.7 Å². The van der Waals surface area contributed by atoms with Crippen LogP contribution in [0.2, 0.25) is 0 Å². The highest BCUT2D eigenvalue weighted by molar-refractivity contribution is 5.95. The molecule has 1 heterocycles. The lowest BCUT2D eigenvalue weighted by Gasteiger charge is -2.23. The Bertz CT molecular complexity index is 593. The van der Waals surface area contributed by atoms with E-state index in [1.165, 1.54) is 17.1 Å². The molecule has 21 heavy (non-hydrogen) atoms. The monoisotopic (exact) mass is 292 g/mol. The minimum absolute atomic E-state index is 0.0835. The fraction of sp³-hybridized carbons (Fsp3) is 0.385. The maximum atomic E-state index is 12.2. The highest BCUT2D eigenvalue weighted by atomic mass is 16.4. The molecule has 0 radical (unpaired) electrons. The molecule has 2 atom stereocenters. The van der Waals surface area contributed by atoms with Gasteiger partial charge >= 0.3 is 5.97 Å². The van der Waals surface area contributed by atoms with E-state index in [0.29, 0.717) is 18.5 Å². The topological polar surface area (TPSA) is 127 Å². The van der Waals surface area contributed by atoms with Crippen molar-refractivity contribution >= 4 is 23.5 Å². The maximum absolute atomic E-state index is 12.2. The van der Waals surface area contributed by atoms with Gasteiger partial charge in [0, 0.05) is 6.20 Å². The Balaban J connectivity index is 2.03. The van der Waals surface area contributed by atoms with Crippen LogP contribution in [0.4, 0.5) is 5.69 Å². The minimum atomic E-state index is -0.982. The van der Waals surface area contributed by atoms with Crippen LogP contribution in [-0.2, 0) is 20.9 Å². The molecule has 2 rings (SSSR count). The fourth-order valence-electron chi connectivity index (χ4n) is 2.29. The second-order valence-electron chi connectivity index (χ2n) is 4.88. The number of primary amides is 1. The third kappa shape index (κ3) is 3.68. The van der Waals surface area contributed by atoms with Gasteiger partial charge in [0.15, 0.2) is 0 Å². The van der Waals surface area contributed by atoms with Gasteiger partial charge in [-0.05, 0) is 12.8 Å². The molecule has 0 aromatic carbocycles. The SMILES string of the molecule is NC(=O)Cn1cc(NC(=O)[C@@H]2CC=CC[C@@H]2C(=O)O)cn1. The summed E-state index contributed by atoms with van der Waals surface area (Å²) in [5.74, 6) is -3.24. The highest BCUT2D eigenvalue weighted by Crippen LogP contribution is 2.27. The van der Waals surface area contributed by atoms with E-state index < -0.39 is 23.7 Å². The van der Waals surface area contributed by atoms with Gasteiger partial charge < -0.3 is 16.2 Å². The molecule has 0 aliphatic heterocycles. The van der Waals surface area contributed by atoms with Crippen molar-refractivity contribution in [1.82, 2.24) is 9.78 Å². The van der Waals surface area contributed by atoms with Crippen molar-refractivity contribution < 1.29 is 19.5 Å². The van der Waals surface area contributed by atoms with Gasteiger partial charge in [-0.25, -0.2) is 0 Å². The number of hydrogen-bond acceptors (Lipinski definition) is 4. The first-order valence-corrected chi connectivity index (χ1v) is 6.47. The van der Waals surface area contributed by atoms with E-state index in [4.69, 9.17) is 10.8 Å². The highest BCUT2D eigenvalue weighted by Gasteiger charge is 2.34. The number of rotatable bonds is 5. The molecule has 1 aliphatic rings. The van der Waals surface area contributed by atoms with Gasteiger partial charge in [0.2, 0.25) is 11.8 Å². The Hall–Kier alpha value is -2.64. The summed E-state index contributed by atoms with van der Waals surface area (Å²) in [5.41, 5.74) is 5.45. The Morgan fingerprint density at radius 3 is 2.62 bits per heavy atom. The summed E-state index contributed by atoms with van der Waals surface area (Å²) in [7, 11) is 0. The molecule has 0 fully saturated rings. The zero-order valence-electron chi connectivity index (χ0n) is 11.2. The molecule has 8 nitrogen and oxygen atoms in total. The molecule has 0 spiro atoms. The van der Waals surface area contributed by atoms with Gasteiger partial charge in [0.05, 0.1) is 23.7 Å². The first-order chi connectivity index (χ1) is 9.97. The van der Waals surface area contributed by atoms with E-state index in [1.54, 1.807) is 12.2 Å². The van der Waals surface area contributed by atoms with Crippen molar-refractivity contribution in [3.63, 3.8) is 0 Å². The molecule has 0 unspecified atom stereocenters. The van der Waals surface area contributed by atoms with Crippen LogP contribution < -0.4 is 11.1 Å². The lowest BCUT2D eigenvalue weighted by atomic mass is 9.82. The van der Waals surface area contributed by atoms with E-state index in [-0.39, 0.29) is 12.5 Å². The van der Waals surface area contributed by atoms with Crippen molar-refractivity contribution in [2.24, 2.45) is 17.6 Å². The number of aliphatic carboxylic acids is 1. The molecule has 0 saturated heterocycles. The first-order valence-electron chi connectivity index (χ1n) is 6.47. The lowest BCUT2D eigenvalue weighted by molar-refractivity contribution is -0.146. The predicted octanol–water partition coefficient (Wildman–Crippen LogP) is -0.0261. The van der Waals surface area contributed by atoms with E-state index in [0.717, 1.165) is 0 Å². The summed E-state index contributed by atoms with van der Waals surface area (Å²) in [6.45, 7) is -0.0835. The van der Waals surface area contributed by atoms with Crippen molar-refractivity contribution in [3.05, 3.63) is 24.5 Å². The van der Waals surface area contributed by atoms with E-state index in [2.05, 4.69) is 10.4 Å². The zero-order chi connectivity index (χ0) is 15.4. The van der Waals surface area contributed by atoms with Gasteiger partial charge in [0.25, 0.3) is 0 Å². The Morgan fingerprint density at radius 2 is 2.00 bits per heavy atom. The predicted molar refractivity (Wildman–Crippen MR) is 73.0 cm³/mol. The third-order valence-corrected chi connectivity index (χ3v) is 3.30. The van der Waals surface area contributed by atoms with Gasteiger partial charge in [-0.1, -0.05) is 12.2 Å². The summed E-state index contributed by atoms with van der Waals surface area (Å²) in [6, 6.07) is 0. The average Bonchev–Trinajstić information content (AvgIpc) is 2.85. The maximum Gasteiger partial charge on any atom is 0.307 e. The van der Waals surface area contributed by atoms with Crippen molar-refractivity contribution in [1.29, 1.82) is 0 Å². The molecule has 8 heteroatoms. The molecular weight excluding hydrogens is 276 g/mol. The fourth-order valence-corrected chi connectivity index (χ4v) is 2.29. The number of carbonyl (C=O) groups excluding carboxylic acids is 2. The summed E-state index contributed by atoms with van der Waals surface area (Å²) >= 11 is 0. The number of allylic oxidation sites excluding steroid dienone is 2. The molecule has 112 valence electrons. The van der Waals surface area contributed by atoms with Gasteiger partial charge in [-0.3, -0.25) is 19.1 Å². The first kappa shape index (κ1) is 14.8. The largest absolute Gasteiger partial charge is 0.481 e. The van der Waals surface area contributed by atoms with Gasteiger partial charge in [0.1, 0.15) is 6.54 Å². The summed E-state index contributed by atoms with van der Waals surface area (Å²) in [4.78, 5) is 34.1. The average molecular weight is 292 g/mol. The number of carboxylic acid groups (broad SMARTS) is 1. The van der Waals surface area contributed by atoms with Crippen LogP contribution in [0.25, 0.3) is 0 Å². The standard InChI is InChI=1S/C13H16N4O4/c14-11(18)7-17-6-8(5-15-17)16-12(19)9-3-1-2-4-10(9)13(20)21/h1-2,5-6,9-10H,3-4,7H2,(H2,14,18)(H,16,19)(H,20,21)/t9-,10+/m1/s1. The molecule has 0 bridgehead atoms. The van der Waals surface area contributed by atoms with E-state index in [1.807, 2.05) is 0 Å². The van der Waals surface area contributed by atoms with Crippen molar-refractivity contribution in [2.75, 3.05) is 5.32 Å². The van der Waals surface area contributed by atoms with Crippen molar-refractivity contribution in [3.8, 4) is 0 Å². The number of aromatic nitrogens is 2. The second kappa shape index (κ2) is 6.21. The number of carboxylic acids is 1. The number of nitrogens with zero attached hydrogens (tertiary/aromatic N) is 2. The Kier molecular flexibility index (Phi) is 4.36. The number of nitrogens with two attached hydrogens (primary N) is 1. The number of nitrogens with one attached hydrogen (secondary N) is 1. The summed E-state index contributed by atoms with van der Waals surface area (Å²) in [6.07, 6.45) is 7.16. The molecule has 1 aromatic rings. The quantitative estimate of drug-likeness (QED) is 0.657. The van der Waals surface area contributed by atoms with Crippen LogP contribution in [0.5, 0.6) is 0 Å². The number of amides is 2. The molecule has 2 amide bonds. The van der Waals surface area contributed by atoms with Crippen molar-refractivity contribution in [2.45, 2.75) is 19.4 Å². The van der Waals surface area contributed by atoms with Crippen LogP contribution in [0.1, 0.15) is 12.8 Å². The minimum Gasteiger partial charge on any atom is -0.481 e. The smallest absolute Gasteiger partial charge is 0.307 e. The lowest BCUT2D eigenvalue weighted by Crippen LogP contribution is -2.34. The van der Waals surface area contributed by atoms with Crippen LogP contribution in [0.15, 0.2) is 24.5 Å². The summed E-state index contributed by atoms with van der Waals surface area (Å²) in [5, 5.41) is 15.6. The summed E-state index contributed by atoms with van der Waals surface area (Å²) < 4.78 is 1.30. The molecule has 4 N–H and O–H groups in total. The Labute approximate surface area is 120 Å². The zero-order valence-corrected chi connectivity index (χ0v) is 11.2. The van der Waals surface area contributed by atoms with Crippen LogP contribution in [0, 0.1) is 11.8 Å². The normalized spacial score (nSPS) is 21.0. The molecule has 0 saturated carbocycles. The molecule has 1 aromatic heterocycles. The number of carbonyl (C=O) groups is 3. The van der Waals surface area contributed by atoms with Gasteiger partial charge in [-0.2, -0.15) is 5.10 Å².